The van der Waals surface area contributed by atoms with Crippen LogP contribution in [0.4, 0.5) is 18.3 Å². The minimum absolute atomic E-state index is 0.0334. The van der Waals surface area contributed by atoms with E-state index in [0.717, 1.165) is 23.5 Å². The van der Waals surface area contributed by atoms with Gasteiger partial charge in [0.15, 0.2) is 0 Å². The number of aryl methyl sites for hydroxylation is 1. The van der Waals surface area contributed by atoms with E-state index in [1.165, 1.54) is 55.4 Å². The van der Waals surface area contributed by atoms with Crippen molar-refractivity contribution in [2.24, 2.45) is 7.05 Å². The summed E-state index contributed by atoms with van der Waals surface area (Å²) in [5.41, 5.74) is 0.143. The van der Waals surface area contributed by atoms with Crippen LogP contribution in [0.25, 0.3) is 11.1 Å². The number of ether oxygens (including phenoxy) is 2. The van der Waals surface area contributed by atoms with Crippen molar-refractivity contribution in [1.29, 1.82) is 0 Å². The van der Waals surface area contributed by atoms with Crippen molar-refractivity contribution >= 4 is 34.0 Å². The molecule has 9 nitrogen and oxygen atoms in total. The predicted octanol–water partition coefficient (Wildman–Crippen LogP) is 4.81. The van der Waals surface area contributed by atoms with Crippen LogP contribution in [0, 0.1) is 0 Å². The topological polar surface area (TPSA) is 108 Å². The highest BCUT2D eigenvalue weighted by Crippen LogP contribution is 2.34. The smallest absolute Gasteiger partial charge is 0.416 e. The van der Waals surface area contributed by atoms with Crippen LogP contribution < -0.4 is 20.3 Å². The van der Waals surface area contributed by atoms with Gasteiger partial charge >= 0.3 is 6.18 Å². The molecule has 3 heterocycles. The van der Waals surface area contributed by atoms with E-state index in [9.17, 15) is 22.8 Å². The number of rotatable bonds is 7. The summed E-state index contributed by atoms with van der Waals surface area (Å²) < 4.78 is 50.2. The molecule has 0 bridgehead atoms. The number of benzene rings is 1. The Bertz CT molecular complexity index is 1510. The van der Waals surface area contributed by atoms with Gasteiger partial charge in [-0.15, -0.1) is 5.10 Å². The average Bonchev–Trinajstić information content (AvgIpc) is 3.31. The third kappa shape index (κ3) is 6.06. The van der Waals surface area contributed by atoms with Crippen LogP contribution in [-0.2, 0) is 19.8 Å². The highest BCUT2D eigenvalue weighted by atomic mass is 35.5. The first-order chi connectivity index (χ1) is 17.5. The molecule has 0 atom stereocenters. The Morgan fingerprint density at radius 2 is 1.89 bits per heavy atom. The Labute approximate surface area is 216 Å². The maximum atomic E-state index is 13.1. The van der Waals surface area contributed by atoms with Crippen LogP contribution in [0.2, 0.25) is 5.15 Å². The van der Waals surface area contributed by atoms with Crippen molar-refractivity contribution in [2.45, 2.75) is 12.8 Å². The van der Waals surface area contributed by atoms with Crippen molar-refractivity contribution in [2.75, 3.05) is 12.4 Å². The second-order valence-electron chi connectivity index (χ2n) is 7.57. The number of alkyl halides is 3. The third-order valence-electron chi connectivity index (χ3n) is 5.09. The number of nitrogens with one attached hydrogen (secondary N) is 1. The fourth-order valence-corrected chi connectivity index (χ4v) is 3.99. The Hall–Kier alpha value is -3.97. The molecule has 3 aromatic heterocycles. The Morgan fingerprint density at radius 3 is 2.57 bits per heavy atom. The van der Waals surface area contributed by atoms with Crippen LogP contribution in [-0.4, -0.2) is 32.8 Å². The van der Waals surface area contributed by atoms with Crippen molar-refractivity contribution in [3.63, 3.8) is 0 Å². The average molecular weight is 552 g/mol. The summed E-state index contributed by atoms with van der Waals surface area (Å²) in [6.07, 6.45) is -1.55. The Kier molecular flexibility index (Phi) is 7.45. The van der Waals surface area contributed by atoms with E-state index < -0.39 is 23.2 Å². The van der Waals surface area contributed by atoms with Gasteiger partial charge in [0.2, 0.25) is 5.13 Å². The molecule has 0 fully saturated rings. The van der Waals surface area contributed by atoms with E-state index >= 15 is 0 Å². The standard InChI is InChI=1S/C23H17ClF3N5O4S/c1-32-10-16(14-7-18(24)28-9-17(14)35-2)15(8-19(32)33)20(34)29-21-30-31-22(37-21)36-11-12-3-5-13(6-4-12)23(25,26)27/h3-10H,11H2,1-2H3,(H,29,30,34). The lowest BCUT2D eigenvalue weighted by atomic mass is 10.0. The molecular weight excluding hydrogens is 535 g/mol. The number of hydrogen-bond acceptors (Lipinski definition) is 8. The number of anilines is 1. The van der Waals surface area contributed by atoms with Crippen molar-refractivity contribution < 1.29 is 27.4 Å². The molecule has 0 spiro atoms. The second kappa shape index (κ2) is 10.6. The number of halogens is 4. The van der Waals surface area contributed by atoms with Gasteiger partial charge < -0.3 is 14.0 Å². The summed E-state index contributed by atoms with van der Waals surface area (Å²) >= 11 is 6.95. The quantitative estimate of drug-likeness (QED) is 0.328. The monoisotopic (exact) mass is 551 g/mol. The van der Waals surface area contributed by atoms with Gasteiger partial charge in [0.05, 0.1) is 24.4 Å². The largest absolute Gasteiger partial charge is 0.494 e. The number of aromatic nitrogens is 4. The lowest BCUT2D eigenvalue weighted by Crippen LogP contribution is -2.21. The molecule has 0 unspecified atom stereocenters. The Balaban J connectivity index is 1.52. The molecule has 0 aliphatic heterocycles. The van der Waals surface area contributed by atoms with E-state index in [4.69, 9.17) is 21.1 Å². The molecule has 0 saturated carbocycles. The minimum atomic E-state index is -4.43. The number of hydrogen-bond donors (Lipinski definition) is 1. The molecule has 37 heavy (non-hydrogen) atoms. The molecule has 14 heteroatoms. The third-order valence-corrected chi connectivity index (χ3v) is 6.05. The molecule has 192 valence electrons. The van der Waals surface area contributed by atoms with Gasteiger partial charge in [0.25, 0.3) is 16.7 Å². The molecule has 0 saturated heterocycles. The maximum Gasteiger partial charge on any atom is 0.416 e. The van der Waals surface area contributed by atoms with Crippen molar-refractivity contribution in [3.8, 4) is 22.1 Å². The molecule has 4 rings (SSSR count). The fraction of sp³-hybridized carbons (Fsp3) is 0.174. The summed E-state index contributed by atoms with van der Waals surface area (Å²) in [5.74, 6) is -0.305. The lowest BCUT2D eigenvalue weighted by molar-refractivity contribution is -0.137. The highest BCUT2D eigenvalue weighted by Gasteiger charge is 2.30. The van der Waals surface area contributed by atoms with E-state index in [-0.39, 0.29) is 27.6 Å². The molecule has 0 aliphatic carbocycles. The molecular formula is C23H17ClF3N5O4S. The number of carbonyl (C=O) groups is 1. The summed E-state index contributed by atoms with van der Waals surface area (Å²) in [4.78, 5) is 29.4. The van der Waals surface area contributed by atoms with Gasteiger partial charge in [-0.1, -0.05) is 28.8 Å². The van der Waals surface area contributed by atoms with E-state index in [0.29, 0.717) is 22.4 Å². The summed E-state index contributed by atoms with van der Waals surface area (Å²) in [6.45, 7) is -0.0534. The van der Waals surface area contributed by atoms with E-state index in [1.807, 2.05) is 0 Å². The number of pyridine rings is 2. The second-order valence-corrected chi connectivity index (χ2v) is 8.90. The summed E-state index contributed by atoms with van der Waals surface area (Å²) in [7, 11) is 2.97. The zero-order valence-corrected chi connectivity index (χ0v) is 20.7. The van der Waals surface area contributed by atoms with Crippen LogP contribution >= 0.6 is 22.9 Å². The summed E-state index contributed by atoms with van der Waals surface area (Å²) in [6, 6.07) is 7.18. The predicted molar refractivity (Wildman–Crippen MR) is 130 cm³/mol. The first-order valence-corrected chi connectivity index (χ1v) is 11.6. The van der Waals surface area contributed by atoms with Crippen LogP contribution in [0.3, 0.4) is 0 Å². The molecule has 0 radical (unpaired) electrons. The van der Waals surface area contributed by atoms with Crippen LogP contribution in [0.15, 0.2) is 53.6 Å². The van der Waals surface area contributed by atoms with E-state index in [1.54, 1.807) is 0 Å². The zero-order chi connectivity index (χ0) is 26.7. The number of amides is 1. The highest BCUT2D eigenvalue weighted by molar-refractivity contribution is 7.17. The number of nitrogens with zero attached hydrogens (tertiary/aromatic N) is 4. The van der Waals surface area contributed by atoms with Crippen molar-refractivity contribution in [1.82, 2.24) is 19.7 Å². The van der Waals surface area contributed by atoms with Crippen LogP contribution in [0.1, 0.15) is 21.5 Å². The first kappa shape index (κ1) is 26.1. The molecule has 1 N–H and O–H groups in total. The van der Waals surface area contributed by atoms with E-state index in [2.05, 4.69) is 20.5 Å². The number of methoxy groups -OCH3 is 1. The van der Waals surface area contributed by atoms with Crippen LogP contribution in [0.5, 0.6) is 10.9 Å². The molecule has 4 aromatic rings. The molecule has 1 aromatic carbocycles. The SMILES string of the molecule is COc1cnc(Cl)cc1-c1cn(C)c(=O)cc1C(=O)Nc1nnc(OCc2ccc(C(F)(F)F)cc2)s1. The zero-order valence-electron chi connectivity index (χ0n) is 19.2. The maximum absolute atomic E-state index is 13.1. The van der Waals surface area contributed by atoms with Gasteiger partial charge in [-0.25, -0.2) is 4.98 Å². The normalized spacial score (nSPS) is 11.3. The summed E-state index contributed by atoms with van der Waals surface area (Å²) in [5, 5.41) is 10.6. The first-order valence-electron chi connectivity index (χ1n) is 10.4. The van der Waals surface area contributed by atoms with Gasteiger partial charge in [0, 0.05) is 30.4 Å². The molecule has 0 aliphatic rings. The Morgan fingerprint density at radius 1 is 1.16 bits per heavy atom. The van der Waals surface area contributed by atoms with Gasteiger partial charge in [0.1, 0.15) is 17.5 Å². The fourth-order valence-electron chi connectivity index (χ4n) is 3.24. The molecule has 1 amide bonds. The minimum Gasteiger partial charge on any atom is -0.494 e. The van der Waals surface area contributed by atoms with Gasteiger partial charge in [-0.05, 0) is 35.1 Å². The lowest BCUT2D eigenvalue weighted by Gasteiger charge is -2.13. The van der Waals surface area contributed by atoms with Gasteiger partial charge in [-0.3, -0.25) is 14.9 Å². The van der Waals surface area contributed by atoms with Gasteiger partial charge in [-0.2, -0.15) is 13.2 Å². The van der Waals surface area contributed by atoms with Crippen molar-refractivity contribution in [3.05, 3.63) is 81.0 Å². The number of carbonyl (C=O) groups excluding carboxylic acids is 1.